The van der Waals surface area contributed by atoms with Gasteiger partial charge in [0, 0.05) is 21.6 Å². The second-order valence-corrected chi connectivity index (χ2v) is 5.43. The van der Waals surface area contributed by atoms with Gasteiger partial charge < -0.3 is 10.3 Å². The summed E-state index contributed by atoms with van der Waals surface area (Å²) in [5.74, 6) is -0.117. The number of carbonyl (C=O) groups excluding carboxylic acids is 1. The van der Waals surface area contributed by atoms with Crippen LogP contribution < -0.4 is 5.32 Å². The number of aromatic amines is 1. The maximum absolute atomic E-state index is 12.4. The van der Waals surface area contributed by atoms with Gasteiger partial charge in [0.1, 0.15) is 0 Å². The molecule has 3 rings (SSSR count). The quantitative estimate of drug-likeness (QED) is 0.715. The van der Waals surface area contributed by atoms with E-state index in [1.165, 1.54) is 0 Å². The van der Waals surface area contributed by atoms with E-state index < -0.39 is 0 Å². The molecule has 20 heavy (non-hydrogen) atoms. The molecule has 0 aliphatic rings. The summed E-state index contributed by atoms with van der Waals surface area (Å²) < 4.78 is 0.910. The molecule has 3 nitrogen and oxygen atoms in total. The number of aryl methyl sites for hydroxylation is 1. The summed E-state index contributed by atoms with van der Waals surface area (Å²) in [4.78, 5) is 15.5. The number of hydrogen-bond acceptors (Lipinski definition) is 1. The van der Waals surface area contributed by atoms with Crippen molar-refractivity contribution < 1.29 is 4.79 Å². The fourth-order valence-electron chi connectivity index (χ4n) is 2.19. The molecule has 1 heterocycles. The topological polar surface area (TPSA) is 44.9 Å². The van der Waals surface area contributed by atoms with Crippen molar-refractivity contribution >= 4 is 38.4 Å². The van der Waals surface area contributed by atoms with Gasteiger partial charge in [-0.25, -0.2) is 0 Å². The van der Waals surface area contributed by atoms with E-state index in [4.69, 9.17) is 0 Å². The predicted molar refractivity (Wildman–Crippen MR) is 85.1 cm³/mol. The fourth-order valence-corrected chi connectivity index (χ4v) is 2.56. The van der Waals surface area contributed by atoms with Gasteiger partial charge in [-0.05, 0) is 40.5 Å². The highest BCUT2D eigenvalue weighted by molar-refractivity contribution is 9.10. The Balaban J connectivity index is 1.95. The van der Waals surface area contributed by atoms with Gasteiger partial charge in [-0.1, -0.05) is 30.3 Å². The molecule has 1 amide bonds. The Bertz CT molecular complexity index is 792. The zero-order valence-corrected chi connectivity index (χ0v) is 12.5. The number of benzene rings is 2. The Kier molecular flexibility index (Phi) is 3.32. The highest BCUT2D eigenvalue weighted by atomic mass is 79.9. The van der Waals surface area contributed by atoms with Crippen molar-refractivity contribution in [2.45, 2.75) is 6.92 Å². The number of amides is 1. The van der Waals surface area contributed by atoms with E-state index in [9.17, 15) is 4.79 Å². The van der Waals surface area contributed by atoms with Gasteiger partial charge in [-0.2, -0.15) is 0 Å². The van der Waals surface area contributed by atoms with E-state index in [2.05, 4.69) is 26.2 Å². The molecule has 0 aliphatic heterocycles. The van der Waals surface area contributed by atoms with E-state index >= 15 is 0 Å². The second-order valence-electron chi connectivity index (χ2n) is 4.64. The molecule has 0 saturated heterocycles. The molecule has 0 atom stereocenters. The van der Waals surface area contributed by atoms with Crippen LogP contribution in [0.4, 0.5) is 5.69 Å². The van der Waals surface area contributed by atoms with Crippen LogP contribution in [0.3, 0.4) is 0 Å². The lowest BCUT2D eigenvalue weighted by atomic mass is 10.1. The molecular weight excluding hydrogens is 316 g/mol. The van der Waals surface area contributed by atoms with Gasteiger partial charge in [0.15, 0.2) is 0 Å². The lowest BCUT2D eigenvalue weighted by Gasteiger charge is -2.08. The number of hydrogen-bond donors (Lipinski definition) is 2. The number of fused-ring (bicyclic) bond motifs is 1. The molecule has 3 aromatic rings. The van der Waals surface area contributed by atoms with Gasteiger partial charge in [0.2, 0.25) is 0 Å². The second kappa shape index (κ2) is 5.13. The molecule has 100 valence electrons. The molecule has 0 aliphatic carbocycles. The molecule has 0 radical (unpaired) electrons. The van der Waals surface area contributed by atoms with Crippen LogP contribution in [0.5, 0.6) is 0 Å². The number of H-pyrrole nitrogens is 1. The first kappa shape index (κ1) is 12.9. The highest BCUT2D eigenvalue weighted by Crippen LogP contribution is 2.27. The third-order valence-electron chi connectivity index (χ3n) is 3.27. The number of carbonyl (C=O) groups is 1. The largest absolute Gasteiger partial charge is 0.360 e. The van der Waals surface area contributed by atoms with Gasteiger partial charge in [0.25, 0.3) is 5.91 Å². The van der Waals surface area contributed by atoms with Gasteiger partial charge >= 0.3 is 0 Å². The van der Waals surface area contributed by atoms with Gasteiger partial charge in [-0.3, -0.25) is 4.79 Å². The summed E-state index contributed by atoms with van der Waals surface area (Å²) in [6.45, 7) is 1.99. The summed E-state index contributed by atoms with van der Waals surface area (Å²) >= 11 is 3.50. The molecule has 0 bridgehead atoms. The van der Waals surface area contributed by atoms with E-state index in [-0.39, 0.29) is 5.91 Å². The van der Waals surface area contributed by atoms with Crippen molar-refractivity contribution in [1.82, 2.24) is 4.98 Å². The number of anilines is 1. The van der Waals surface area contributed by atoms with Crippen molar-refractivity contribution in [3.8, 4) is 0 Å². The summed E-state index contributed by atoms with van der Waals surface area (Å²) in [7, 11) is 0. The Morgan fingerprint density at radius 1 is 1.15 bits per heavy atom. The molecule has 0 spiro atoms. The number of aromatic nitrogens is 1. The zero-order valence-electron chi connectivity index (χ0n) is 10.9. The molecule has 0 fully saturated rings. The normalized spacial score (nSPS) is 10.7. The standard InChI is InChI=1S/C16H13BrN2O/c1-10-5-4-8-14(15(10)17)19-16(20)12-9-18-13-7-3-2-6-11(12)13/h2-9,18H,1H3,(H,19,20). The minimum absolute atomic E-state index is 0.117. The first-order valence-electron chi connectivity index (χ1n) is 6.29. The number of rotatable bonds is 2. The van der Waals surface area contributed by atoms with Crippen molar-refractivity contribution in [1.29, 1.82) is 0 Å². The van der Waals surface area contributed by atoms with Crippen molar-refractivity contribution in [3.05, 3.63) is 64.3 Å². The van der Waals surface area contributed by atoms with E-state index in [0.29, 0.717) is 5.56 Å². The average Bonchev–Trinajstić information content (AvgIpc) is 2.88. The number of para-hydroxylation sites is 1. The maximum atomic E-state index is 12.4. The van der Waals surface area contributed by atoms with Crippen LogP contribution >= 0.6 is 15.9 Å². The van der Waals surface area contributed by atoms with Crippen molar-refractivity contribution in [2.75, 3.05) is 5.32 Å². The minimum Gasteiger partial charge on any atom is -0.360 e. The van der Waals surface area contributed by atoms with E-state index in [1.54, 1.807) is 6.20 Å². The van der Waals surface area contributed by atoms with Gasteiger partial charge in [0.05, 0.1) is 11.3 Å². The molecule has 4 heteroatoms. The lowest BCUT2D eigenvalue weighted by molar-refractivity contribution is 0.102. The number of nitrogens with one attached hydrogen (secondary N) is 2. The Labute approximate surface area is 125 Å². The van der Waals surface area contributed by atoms with Crippen LogP contribution in [0.1, 0.15) is 15.9 Å². The summed E-state index contributed by atoms with van der Waals surface area (Å²) in [5, 5.41) is 3.86. The first-order valence-corrected chi connectivity index (χ1v) is 7.08. The molecular formula is C16H13BrN2O. The van der Waals surface area contributed by atoms with Crippen LogP contribution in [0.15, 0.2) is 53.1 Å². The average molecular weight is 329 g/mol. The van der Waals surface area contributed by atoms with Crippen LogP contribution in [0, 0.1) is 6.92 Å². The third-order valence-corrected chi connectivity index (χ3v) is 4.33. The smallest absolute Gasteiger partial charge is 0.257 e. The Hall–Kier alpha value is -2.07. The predicted octanol–water partition coefficient (Wildman–Crippen LogP) is 4.49. The summed E-state index contributed by atoms with van der Waals surface area (Å²) in [6.07, 6.45) is 1.74. The molecule has 2 aromatic carbocycles. The molecule has 0 unspecified atom stereocenters. The van der Waals surface area contributed by atoms with Gasteiger partial charge in [-0.15, -0.1) is 0 Å². The summed E-state index contributed by atoms with van der Waals surface area (Å²) in [6, 6.07) is 13.5. The van der Waals surface area contributed by atoms with Crippen LogP contribution in [-0.2, 0) is 0 Å². The monoisotopic (exact) mass is 328 g/mol. The fraction of sp³-hybridized carbons (Fsp3) is 0.0625. The molecule has 1 aromatic heterocycles. The first-order chi connectivity index (χ1) is 9.66. The highest BCUT2D eigenvalue weighted by Gasteiger charge is 2.13. The molecule has 2 N–H and O–H groups in total. The van der Waals surface area contributed by atoms with Crippen LogP contribution in [0.25, 0.3) is 10.9 Å². The van der Waals surface area contributed by atoms with E-state index in [1.807, 2.05) is 49.4 Å². The minimum atomic E-state index is -0.117. The lowest BCUT2D eigenvalue weighted by Crippen LogP contribution is -2.12. The van der Waals surface area contributed by atoms with Crippen molar-refractivity contribution in [3.63, 3.8) is 0 Å². The van der Waals surface area contributed by atoms with Crippen molar-refractivity contribution in [2.24, 2.45) is 0 Å². The summed E-state index contributed by atoms with van der Waals surface area (Å²) in [5.41, 5.74) is 3.47. The Morgan fingerprint density at radius 2 is 1.95 bits per heavy atom. The zero-order chi connectivity index (χ0) is 14.1. The maximum Gasteiger partial charge on any atom is 0.257 e. The van der Waals surface area contributed by atoms with Crippen LogP contribution in [0.2, 0.25) is 0 Å². The van der Waals surface area contributed by atoms with E-state index in [0.717, 1.165) is 26.6 Å². The SMILES string of the molecule is Cc1cccc(NC(=O)c2c[nH]c3ccccc23)c1Br. The van der Waals surface area contributed by atoms with Crippen LogP contribution in [-0.4, -0.2) is 10.9 Å². The molecule has 0 saturated carbocycles. The Morgan fingerprint density at radius 3 is 2.80 bits per heavy atom. The third kappa shape index (κ3) is 2.23. The number of halogens is 1.